The van der Waals surface area contributed by atoms with E-state index >= 15 is 0 Å². The first kappa shape index (κ1) is 12.8. The number of amides is 1. The first-order chi connectivity index (χ1) is 8.26. The second-order valence-corrected chi connectivity index (χ2v) is 4.59. The van der Waals surface area contributed by atoms with Crippen molar-refractivity contribution in [2.75, 3.05) is 39.4 Å². The molecular weight excluding hydrogens is 220 g/mol. The summed E-state index contributed by atoms with van der Waals surface area (Å²) in [6.07, 6.45) is 0.0777. The zero-order valence-corrected chi connectivity index (χ0v) is 10.6. The van der Waals surface area contributed by atoms with Gasteiger partial charge in [-0.3, -0.25) is 4.79 Å². The number of ether oxygens (including phenoxy) is 2. The van der Waals surface area contributed by atoms with Gasteiger partial charge in [-0.15, -0.1) is 0 Å². The van der Waals surface area contributed by atoms with Crippen LogP contribution in [0.3, 0.4) is 0 Å². The molecule has 17 heavy (non-hydrogen) atoms. The van der Waals surface area contributed by atoms with E-state index in [9.17, 15) is 4.79 Å². The molecule has 2 saturated heterocycles. The van der Waals surface area contributed by atoms with Crippen LogP contribution in [-0.2, 0) is 14.3 Å². The van der Waals surface area contributed by atoms with Gasteiger partial charge < -0.3 is 19.7 Å². The minimum absolute atomic E-state index is 0.0388. The number of hydrogen-bond acceptors (Lipinski definition) is 4. The van der Waals surface area contributed by atoms with Gasteiger partial charge in [0, 0.05) is 39.4 Å². The van der Waals surface area contributed by atoms with Gasteiger partial charge in [-0.05, 0) is 13.8 Å². The molecule has 0 bridgehead atoms. The Hall–Kier alpha value is -0.650. The van der Waals surface area contributed by atoms with Crippen LogP contribution in [0.4, 0.5) is 0 Å². The van der Waals surface area contributed by atoms with Crippen LogP contribution in [0.1, 0.15) is 13.8 Å². The van der Waals surface area contributed by atoms with Crippen molar-refractivity contribution in [2.24, 2.45) is 5.92 Å². The molecule has 2 fully saturated rings. The Morgan fingerprint density at radius 3 is 2.06 bits per heavy atom. The van der Waals surface area contributed by atoms with E-state index in [0.29, 0.717) is 26.3 Å². The van der Waals surface area contributed by atoms with Crippen molar-refractivity contribution >= 4 is 5.91 Å². The number of carbonyl (C=O) groups is 1. The summed E-state index contributed by atoms with van der Waals surface area (Å²) in [5.41, 5.74) is 0. The number of likely N-dealkylation sites (tertiary alicyclic amines) is 1. The Kier molecular flexibility index (Phi) is 4.36. The fourth-order valence-electron chi connectivity index (χ4n) is 2.39. The summed E-state index contributed by atoms with van der Waals surface area (Å²) in [5.74, 6) is 0.410. The lowest BCUT2D eigenvalue weighted by Gasteiger charge is -2.30. The van der Waals surface area contributed by atoms with E-state index in [4.69, 9.17) is 9.47 Å². The second-order valence-electron chi connectivity index (χ2n) is 4.59. The number of nitrogens with zero attached hydrogens (tertiary/aromatic N) is 1. The summed E-state index contributed by atoms with van der Waals surface area (Å²) in [6, 6.07) is 0. The van der Waals surface area contributed by atoms with Crippen molar-refractivity contribution in [3.63, 3.8) is 0 Å². The second kappa shape index (κ2) is 5.80. The van der Waals surface area contributed by atoms with Crippen molar-refractivity contribution in [3.8, 4) is 0 Å². The predicted molar refractivity (Wildman–Crippen MR) is 63.8 cm³/mol. The highest BCUT2D eigenvalue weighted by molar-refractivity contribution is 5.80. The molecule has 0 spiro atoms. The third-order valence-electron chi connectivity index (χ3n) is 3.42. The molecule has 0 unspecified atom stereocenters. The van der Waals surface area contributed by atoms with Crippen molar-refractivity contribution in [1.82, 2.24) is 10.2 Å². The molecule has 0 aliphatic carbocycles. The maximum absolute atomic E-state index is 12.1. The van der Waals surface area contributed by atoms with Gasteiger partial charge in [0.25, 0.3) is 0 Å². The Balaban J connectivity index is 1.90. The summed E-state index contributed by atoms with van der Waals surface area (Å²) in [7, 11) is 0. The Morgan fingerprint density at radius 1 is 1.18 bits per heavy atom. The predicted octanol–water partition coefficient (Wildman–Crippen LogP) is -0.142. The van der Waals surface area contributed by atoms with Crippen LogP contribution in [0.15, 0.2) is 0 Å². The van der Waals surface area contributed by atoms with Crippen molar-refractivity contribution in [2.45, 2.75) is 26.1 Å². The van der Waals surface area contributed by atoms with Crippen LogP contribution in [0.5, 0.6) is 0 Å². The molecule has 2 aliphatic heterocycles. The smallest absolute Gasteiger partial charge is 0.228 e. The SMILES string of the molecule is CCO[C@@H]1CN(C(=O)C2CNC2)C[C@H]1OCC. The molecule has 1 N–H and O–H groups in total. The van der Waals surface area contributed by atoms with Crippen molar-refractivity contribution in [3.05, 3.63) is 0 Å². The molecule has 0 radical (unpaired) electrons. The number of nitrogens with one attached hydrogen (secondary N) is 1. The molecule has 0 aromatic carbocycles. The minimum atomic E-state index is 0.0388. The molecule has 5 heteroatoms. The topological polar surface area (TPSA) is 50.8 Å². The third-order valence-corrected chi connectivity index (χ3v) is 3.42. The maximum Gasteiger partial charge on any atom is 0.228 e. The molecule has 2 rings (SSSR count). The van der Waals surface area contributed by atoms with Gasteiger partial charge >= 0.3 is 0 Å². The summed E-state index contributed by atoms with van der Waals surface area (Å²) in [5, 5.41) is 3.13. The van der Waals surface area contributed by atoms with E-state index in [2.05, 4.69) is 5.32 Å². The van der Waals surface area contributed by atoms with Gasteiger partial charge in [0.15, 0.2) is 0 Å². The Bertz CT molecular complexity index is 254. The number of carbonyl (C=O) groups excluding carboxylic acids is 1. The average molecular weight is 242 g/mol. The van der Waals surface area contributed by atoms with E-state index in [-0.39, 0.29) is 24.0 Å². The van der Waals surface area contributed by atoms with E-state index in [1.807, 2.05) is 18.7 Å². The van der Waals surface area contributed by atoms with Gasteiger partial charge in [0.2, 0.25) is 5.91 Å². The van der Waals surface area contributed by atoms with Gasteiger partial charge in [0.1, 0.15) is 12.2 Å². The highest BCUT2D eigenvalue weighted by Crippen LogP contribution is 2.20. The summed E-state index contributed by atoms with van der Waals surface area (Å²) in [6.45, 7) is 8.26. The molecule has 2 heterocycles. The molecule has 1 amide bonds. The molecule has 2 aliphatic rings. The lowest BCUT2D eigenvalue weighted by molar-refractivity contribution is -0.136. The average Bonchev–Trinajstić information content (AvgIpc) is 2.60. The van der Waals surface area contributed by atoms with Crippen LogP contribution in [-0.4, -0.2) is 62.4 Å². The standard InChI is InChI=1S/C12H22N2O3/c1-3-16-10-7-14(8-11(10)17-4-2)12(15)9-5-13-6-9/h9-11,13H,3-8H2,1-2H3/t10-,11-/m1/s1. The first-order valence-electron chi connectivity index (χ1n) is 6.49. The highest BCUT2D eigenvalue weighted by Gasteiger charge is 2.39. The van der Waals surface area contributed by atoms with Gasteiger partial charge in [-0.25, -0.2) is 0 Å². The van der Waals surface area contributed by atoms with E-state index < -0.39 is 0 Å². The van der Waals surface area contributed by atoms with Crippen LogP contribution >= 0.6 is 0 Å². The van der Waals surface area contributed by atoms with Crippen molar-refractivity contribution in [1.29, 1.82) is 0 Å². The zero-order valence-electron chi connectivity index (χ0n) is 10.6. The van der Waals surface area contributed by atoms with Crippen LogP contribution in [0.2, 0.25) is 0 Å². The fraction of sp³-hybridized carbons (Fsp3) is 0.917. The monoisotopic (exact) mass is 242 g/mol. The van der Waals surface area contributed by atoms with Gasteiger partial charge in [-0.1, -0.05) is 0 Å². The number of rotatable bonds is 5. The Morgan fingerprint density at radius 2 is 1.71 bits per heavy atom. The Labute approximate surface area is 102 Å². The molecule has 98 valence electrons. The number of hydrogen-bond donors (Lipinski definition) is 1. The van der Waals surface area contributed by atoms with E-state index in [0.717, 1.165) is 13.1 Å². The summed E-state index contributed by atoms with van der Waals surface area (Å²) < 4.78 is 11.3. The largest absolute Gasteiger partial charge is 0.374 e. The lowest BCUT2D eigenvalue weighted by atomic mass is 10.0. The summed E-state index contributed by atoms with van der Waals surface area (Å²) >= 11 is 0. The van der Waals surface area contributed by atoms with Gasteiger partial charge in [0.05, 0.1) is 5.92 Å². The zero-order chi connectivity index (χ0) is 12.3. The molecule has 0 aromatic heterocycles. The molecule has 2 atom stereocenters. The maximum atomic E-state index is 12.1. The molecule has 5 nitrogen and oxygen atoms in total. The molecule has 0 saturated carbocycles. The van der Waals surface area contributed by atoms with Crippen LogP contribution < -0.4 is 5.32 Å². The lowest BCUT2D eigenvalue weighted by Crippen LogP contribution is -2.51. The van der Waals surface area contributed by atoms with Gasteiger partial charge in [-0.2, -0.15) is 0 Å². The minimum Gasteiger partial charge on any atom is -0.374 e. The summed E-state index contributed by atoms with van der Waals surface area (Å²) in [4.78, 5) is 14.0. The molecular formula is C12H22N2O3. The fourth-order valence-corrected chi connectivity index (χ4v) is 2.39. The third kappa shape index (κ3) is 2.78. The van der Waals surface area contributed by atoms with Crippen LogP contribution in [0, 0.1) is 5.92 Å². The first-order valence-corrected chi connectivity index (χ1v) is 6.49. The normalized spacial score (nSPS) is 29.4. The van der Waals surface area contributed by atoms with E-state index in [1.54, 1.807) is 0 Å². The quantitative estimate of drug-likeness (QED) is 0.729. The highest BCUT2D eigenvalue weighted by atomic mass is 16.5. The van der Waals surface area contributed by atoms with Crippen molar-refractivity contribution < 1.29 is 14.3 Å². The van der Waals surface area contributed by atoms with E-state index in [1.165, 1.54) is 0 Å². The molecule has 0 aromatic rings. The van der Waals surface area contributed by atoms with Crippen LogP contribution in [0.25, 0.3) is 0 Å².